The molecule has 1 N–H and O–H groups in total. The zero-order valence-corrected chi connectivity index (χ0v) is 15.9. The minimum atomic E-state index is -0.618. The Balaban J connectivity index is 1.48. The van der Waals surface area contributed by atoms with E-state index in [-0.39, 0.29) is 18.2 Å². The molecule has 2 aliphatic heterocycles. The molecule has 26 heavy (non-hydrogen) atoms. The number of rotatable bonds is 3. The van der Waals surface area contributed by atoms with E-state index >= 15 is 0 Å². The lowest BCUT2D eigenvalue weighted by molar-refractivity contribution is -0.130. The van der Waals surface area contributed by atoms with Crippen molar-refractivity contribution < 1.29 is 19.4 Å². The summed E-state index contributed by atoms with van der Waals surface area (Å²) in [6.07, 6.45) is 3.99. The molecular formula is C20H26ClNO4. The summed E-state index contributed by atoms with van der Waals surface area (Å²) in [6, 6.07) is 3.55. The number of benzene rings is 1. The largest absolute Gasteiger partial charge is 0.486 e. The number of carbonyl (C=O) groups excluding carboxylic acids is 1. The van der Waals surface area contributed by atoms with Gasteiger partial charge in [0.25, 0.3) is 0 Å². The fourth-order valence-electron chi connectivity index (χ4n) is 4.79. The normalized spacial score (nSPS) is 30.2. The molecule has 0 unspecified atom stereocenters. The van der Waals surface area contributed by atoms with Crippen LogP contribution in [-0.4, -0.2) is 47.8 Å². The minimum Gasteiger partial charge on any atom is -0.486 e. The highest BCUT2D eigenvalue weighted by Crippen LogP contribution is 2.44. The molecule has 1 aromatic carbocycles. The van der Waals surface area contributed by atoms with Crippen LogP contribution in [0, 0.1) is 11.8 Å². The second kappa shape index (κ2) is 6.93. The first kappa shape index (κ1) is 17.9. The van der Waals surface area contributed by atoms with Crippen molar-refractivity contribution in [1.82, 2.24) is 4.90 Å². The molecule has 0 spiro atoms. The lowest BCUT2D eigenvalue weighted by Crippen LogP contribution is -2.44. The molecule has 6 heteroatoms. The van der Waals surface area contributed by atoms with Gasteiger partial charge in [-0.1, -0.05) is 24.9 Å². The zero-order valence-electron chi connectivity index (χ0n) is 15.2. The predicted octanol–water partition coefficient (Wildman–Crippen LogP) is 3.05. The van der Waals surface area contributed by atoms with Gasteiger partial charge in [0.2, 0.25) is 5.91 Å². The van der Waals surface area contributed by atoms with Gasteiger partial charge >= 0.3 is 0 Å². The van der Waals surface area contributed by atoms with Gasteiger partial charge in [0.05, 0.1) is 12.0 Å². The highest BCUT2D eigenvalue weighted by molar-refractivity contribution is 6.31. The van der Waals surface area contributed by atoms with Crippen molar-refractivity contribution in [2.75, 3.05) is 26.3 Å². The summed E-state index contributed by atoms with van der Waals surface area (Å²) in [5, 5.41) is 11.5. The standard InChI is InChI=1S/C20H26ClNO4/c1-2-20(24)5-3-4-13-11-22(12-15(13)20)19(23)9-14-8-17-18(10-16(14)21)26-7-6-25-17/h8,10,13,15,24H,2-7,9,11-12H2,1H3/t13-,15+,20-/m0/s1. The van der Waals surface area contributed by atoms with Crippen LogP contribution in [0.15, 0.2) is 12.1 Å². The van der Waals surface area contributed by atoms with Crippen molar-refractivity contribution in [2.45, 2.75) is 44.6 Å². The van der Waals surface area contributed by atoms with E-state index in [2.05, 4.69) is 0 Å². The number of fused-ring (bicyclic) bond motifs is 2. The van der Waals surface area contributed by atoms with Crippen LogP contribution in [0.5, 0.6) is 11.5 Å². The summed E-state index contributed by atoms with van der Waals surface area (Å²) in [6.45, 7) is 4.46. The van der Waals surface area contributed by atoms with Crippen molar-refractivity contribution in [3.05, 3.63) is 22.7 Å². The van der Waals surface area contributed by atoms with Crippen molar-refractivity contribution in [2.24, 2.45) is 11.8 Å². The van der Waals surface area contributed by atoms with Crippen LogP contribution in [0.1, 0.15) is 38.2 Å². The molecular weight excluding hydrogens is 354 g/mol. The number of hydrogen-bond acceptors (Lipinski definition) is 4. The number of likely N-dealkylation sites (tertiary alicyclic amines) is 1. The molecule has 1 aliphatic carbocycles. The van der Waals surface area contributed by atoms with Crippen LogP contribution < -0.4 is 9.47 Å². The Hall–Kier alpha value is -1.46. The highest BCUT2D eigenvalue weighted by Gasteiger charge is 2.48. The van der Waals surface area contributed by atoms with Crippen molar-refractivity contribution in [1.29, 1.82) is 0 Å². The molecule has 2 heterocycles. The van der Waals surface area contributed by atoms with E-state index in [0.717, 1.165) is 37.8 Å². The summed E-state index contributed by atoms with van der Waals surface area (Å²) in [5.41, 5.74) is 0.147. The third-order valence-electron chi connectivity index (χ3n) is 6.33. The van der Waals surface area contributed by atoms with E-state index in [1.54, 1.807) is 6.07 Å². The van der Waals surface area contributed by atoms with Gasteiger partial charge in [-0.15, -0.1) is 0 Å². The molecule has 5 nitrogen and oxygen atoms in total. The van der Waals surface area contributed by atoms with Gasteiger partial charge in [-0.05, 0) is 36.8 Å². The molecule has 2 fully saturated rings. The maximum atomic E-state index is 12.9. The van der Waals surface area contributed by atoms with Gasteiger partial charge in [-0.3, -0.25) is 4.79 Å². The topological polar surface area (TPSA) is 59.0 Å². The molecule has 1 amide bonds. The van der Waals surface area contributed by atoms with E-state index in [4.69, 9.17) is 21.1 Å². The summed E-state index contributed by atoms with van der Waals surface area (Å²) in [7, 11) is 0. The molecule has 142 valence electrons. The number of nitrogens with zero attached hydrogens (tertiary/aromatic N) is 1. The third-order valence-corrected chi connectivity index (χ3v) is 6.69. The van der Waals surface area contributed by atoms with E-state index in [9.17, 15) is 9.90 Å². The van der Waals surface area contributed by atoms with Crippen LogP contribution in [0.4, 0.5) is 0 Å². The van der Waals surface area contributed by atoms with Crippen LogP contribution in [0.25, 0.3) is 0 Å². The minimum absolute atomic E-state index is 0.0661. The molecule has 1 aromatic rings. The number of amides is 1. The first-order chi connectivity index (χ1) is 12.5. The first-order valence-corrected chi connectivity index (χ1v) is 9.96. The quantitative estimate of drug-likeness (QED) is 0.876. The summed E-state index contributed by atoms with van der Waals surface area (Å²) in [5.74, 6) is 1.96. The summed E-state index contributed by atoms with van der Waals surface area (Å²) < 4.78 is 11.1. The Morgan fingerprint density at radius 2 is 2.04 bits per heavy atom. The first-order valence-electron chi connectivity index (χ1n) is 9.58. The van der Waals surface area contributed by atoms with E-state index in [1.165, 1.54) is 0 Å². The lowest BCUT2D eigenvalue weighted by atomic mass is 9.69. The van der Waals surface area contributed by atoms with Crippen LogP contribution in [0.2, 0.25) is 5.02 Å². The number of aliphatic hydroxyl groups is 1. The lowest BCUT2D eigenvalue weighted by Gasteiger charge is -2.40. The Labute approximate surface area is 159 Å². The molecule has 3 aliphatic rings. The zero-order chi connectivity index (χ0) is 18.3. The van der Waals surface area contributed by atoms with Gasteiger partial charge in [-0.25, -0.2) is 0 Å². The number of ether oxygens (including phenoxy) is 2. The smallest absolute Gasteiger partial charge is 0.227 e. The number of halogens is 1. The average molecular weight is 380 g/mol. The third kappa shape index (κ3) is 3.16. The Kier molecular flexibility index (Phi) is 4.78. The fourth-order valence-corrected chi connectivity index (χ4v) is 5.01. The Morgan fingerprint density at radius 1 is 1.31 bits per heavy atom. The summed E-state index contributed by atoms with van der Waals surface area (Å²) >= 11 is 6.36. The van der Waals surface area contributed by atoms with Gasteiger partial charge < -0.3 is 19.5 Å². The molecule has 1 saturated heterocycles. The summed E-state index contributed by atoms with van der Waals surface area (Å²) in [4.78, 5) is 14.8. The maximum absolute atomic E-state index is 12.9. The van der Waals surface area contributed by atoms with Gasteiger partial charge in [0, 0.05) is 30.1 Å². The van der Waals surface area contributed by atoms with Crippen LogP contribution in [0.3, 0.4) is 0 Å². The van der Waals surface area contributed by atoms with E-state index < -0.39 is 5.60 Å². The highest BCUT2D eigenvalue weighted by atomic mass is 35.5. The van der Waals surface area contributed by atoms with Gasteiger partial charge in [0.15, 0.2) is 11.5 Å². The maximum Gasteiger partial charge on any atom is 0.227 e. The fraction of sp³-hybridized carbons (Fsp3) is 0.650. The van der Waals surface area contributed by atoms with Crippen LogP contribution in [-0.2, 0) is 11.2 Å². The molecule has 0 radical (unpaired) electrons. The molecule has 4 rings (SSSR count). The predicted molar refractivity (Wildman–Crippen MR) is 98.8 cm³/mol. The van der Waals surface area contributed by atoms with Crippen molar-refractivity contribution >= 4 is 17.5 Å². The van der Waals surface area contributed by atoms with E-state index in [1.807, 2.05) is 17.9 Å². The SMILES string of the molecule is CC[C@]1(O)CCC[C@H]2CN(C(=O)Cc3cc4c(cc3Cl)OCCO4)C[C@H]21. The van der Waals surface area contributed by atoms with Gasteiger partial charge in [-0.2, -0.15) is 0 Å². The molecule has 3 atom stereocenters. The second-order valence-electron chi connectivity index (χ2n) is 7.78. The molecule has 0 bridgehead atoms. The molecule has 0 aromatic heterocycles. The van der Waals surface area contributed by atoms with Crippen molar-refractivity contribution in [3.63, 3.8) is 0 Å². The van der Waals surface area contributed by atoms with Crippen LogP contribution >= 0.6 is 11.6 Å². The Bertz CT molecular complexity index is 709. The second-order valence-corrected chi connectivity index (χ2v) is 8.19. The molecule has 1 saturated carbocycles. The van der Waals surface area contributed by atoms with Gasteiger partial charge in [0.1, 0.15) is 13.2 Å². The van der Waals surface area contributed by atoms with Crippen molar-refractivity contribution in [3.8, 4) is 11.5 Å². The Morgan fingerprint density at radius 3 is 2.77 bits per heavy atom. The van der Waals surface area contributed by atoms with E-state index in [0.29, 0.717) is 42.2 Å². The number of carbonyl (C=O) groups is 1. The average Bonchev–Trinajstić information content (AvgIpc) is 3.08. The monoisotopic (exact) mass is 379 g/mol. The number of hydrogen-bond donors (Lipinski definition) is 1.